The van der Waals surface area contributed by atoms with Crippen LogP contribution in [0.15, 0.2) is 24.3 Å². The summed E-state index contributed by atoms with van der Waals surface area (Å²) in [7, 11) is -3.18. The van der Waals surface area contributed by atoms with E-state index in [1.165, 1.54) is 11.0 Å². The molecule has 8 nitrogen and oxygen atoms in total. The van der Waals surface area contributed by atoms with Crippen LogP contribution >= 0.6 is 0 Å². The Balaban J connectivity index is 1.61. The van der Waals surface area contributed by atoms with Crippen molar-refractivity contribution in [2.24, 2.45) is 0 Å². The summed E-state index contributed by atoms with van der Waals surface area (Å²) in [6, 6.07) is 4.20. The van der Waals surface area contributed by atoms with Gasteiger partial charge in [-0.25, -0.2) is 17.6 Å². The number of halogens is 4. The van der Waals surface area contributed by atoms with Crippen molar-refractivity contribution in [2.45, 2.75) is 31.4 Å². The number of urea groups is 1. The highest BCUT2D eigenvalue weighted by Gasteiger charge is 2.38. The van der Waals surface area contributed by atoms with Gasteiger partial charge >= 0.3 is 12.2 Å². The van der Waals surface area contributed by atoms with Gasteiger partial charge in [-0.05, 0) is 31.0 Å². The molecule has 13 heteroatoms. The maximum absolute atomic E-state index is 14.3. The summed E-state index contributed by atoms with van der Waals surface area (Å²) in [6.07, 6.45) is -4.36. The summed E-state index contributed by atoms with van der Waals surface area (Å²) in [4.78, 5) is 16.3. The molecule has 0 radical (unpaired) electrons. The van der Waals surface area contributed by atoms with Crippen LogP contribution in [0.4, 0.5) is 22.4 Å². The molecule has 2 aliphatic rings. The maximum atomic E-state index is 14.3. The molecule has 2 unspecified atom stereocenters. The molecule has 35 heavy (non-hydrogen) atoms. The Morgan fingerprint density at radius 3 is 2.46 bits per heavy atom. The fourth-order valence-electron chi connectivity index (χ4n) is 4.59. The molecule has 2 aliphatic heterocycles. The summed E-state index contributed by atoms with van der Waals surface area (Å²) < 4.78 is 82.4. The van der Waals surface area contributed by atoms with Gasteiger partial charge in [-0.3, -0.25) is 5.10 Å². The minimum Gasteiger partial charge on any atom is -0.477 e. The van der Waals surface area contributed by atoms with E-state index >= 15 is 0 Å². The van der Waals surface area contributed by atoms with Gasteiger partial charge in [0.15, 0.2) is 9.84 Å². The number of aromatic nitrogens is 2. The number of nitrogens with zero attached hydrogens (tertiary/aromatic N) is 3. The van der Waals surface area contributed by atoms with E-state index in [2.05, 4.69) is 10.2 Å². The molecule has 2 amide bonds. The molecule has 1 aromatic heterocycles. The van der Waals surface area contributed by atoms with Crippen LogP contribution in [0.3, 0.4) is 0 Å². The van der Waals surface area contributed by atoms with Gasteiger partial charge in [-0.1, -0.05) is 6.07 Å². The van der Waals surface area contributed by atoms with E-state index in [1.54, 1.807) is 11.0 Å². The molecule has 0 spiro atoms. The number of hydrogen-bond donors (Lipinski definition) is 1. The molecule has 3 heterocycles. The smallest absolute Gasteiger partial charge is 0.419 e. The normalized spacial score (nSPS) is 22.8. The molecule has 0 aliphatic carbocycles. The fourth-order valence-corrected chi connectivity index (χ4v) is 5.79. The first-order valence-electron chi connectivity index (χ1n) is 11.3. The molecule has 2 saturated heterocycles. The third-order valence-electron chi connectivity index (χ3n) is 6.41. The number of benzene rings is 1. The van der Waals surface area contributed by atoms with E-state index < -0.39 is 33.3 Å². The lowest BCUT2D eigenvalue weighted by atomic mass is 9.83. The number of aromatic amines is 1. The monoisotopic (exact) mass is 518 g/mol. The lowest BCUT2D eigenvalue weighted by Gasteiger charge is -2.40. The summed E-state index contributed by atoms with van der Waals surface area (Å²) >= 11 is 0. The molecule has 1 N–H and O–H groups in total. The third-order valence-corrected chi connectivity index (χ3v) is 8.02. The molecule has 4 rings (SSSR count). The summed E-state index contributed by atoms with van der Waals surface area (Å²) in [5.74, 6) is -1.94. The third kappa shape index (κ3) is 5.71. The molecule has 0 saturated carbocycles. The molecule has 2 atom stereocenters. The van der Waals surface area contributed by atoms with Crippen LogP contribution in [0.5, 0.6) is 5.88 Å². The highest BCUT2D eigenvalue weighted by Crippen LogP contribution is 2.38. The predicted octanol–water partition coefficient (Wildman–Crippen LogP) is 3.39. The van der Waals surface area contributed by atoms with Crippen molar-refractivity contribution in [2.75, 3.05) is 44.3 Å². The van der Waals surface area contributed by atoms with Crippen molar-refractivity contribution in [3.05, 3.63) is 46.9 Å². The summed E-state index contributed by atoms with van der Waals surface area (Å²) in [5.41, 5.74) is -0.306. The molecule has 1 aromatic carbocycles. The zero-order valence-electron chi connectivity index (χ0n) is 19.0. The molecule has 0 bridgehead atoms. The Hall–Kier alpha value is -2.83. The van der Waals surface area contributed by atoms with Crippen LogP contribution in [-0.4, -0.2) is 78.7 Å². The number of likely N-dealkylation sites (tertiary alicyclic amines) is 1. The van der Waals surface area contributed by atoms with Crippen LogP contribution < -0.4 is 4.74 Å². The Morgan fingerprint density at radius 1 is 1.14 bits per heavy atom. The van der Waals surface area contributed by atoms with Crippen LogP contribution in [0.1, 0.15) is 42.0 Å². The van der Waals surface area contributed by atoms with Gasteiger partial charge in [-0.15, -0.1) is 5.10 Å². The van der Waals surface area contributed by atoms with E-state index in [-0.39, 0.29) is 49.6 Å². The predicted molar refractivity (Wildman–Crippen MR) is 118 cm³/mol. The molecule has 2 aromatic rings. The number of sulfone groups is 1. The summed E-state index contributed by atoms with van der Waals surface area (Å²) in [6.45, 7) is 2.81. The van der Waals surface area contributed by atoms with Crippen molar-refractivity contribution in [1.29, 1.82) is 0 Å². The van der Waals surface area contributed by atoms with Crippen LogP contribution in [0.2, 0.25) is 0 Å². The highest BCUT2D eigenvalue weighted by molar-refractivity contribution is 7.91. The SMILES string of the molecule is CCOc1cc(C2CC(c3ccc(C(F)(F)F)c(F)c3)CN(C(=O)N3CCS(=O)(=O)CC3)C2)[nH]n1. The fraction of sp³-hybridized carbons (Fsp3) is 0.545. The second kappa shape index (κ2) is 9.67. The van der Waals surface area contributed by atoms with Crippen molar-refractivity contribution in [3.8, 4) is 5.88 Å². The number of rotatable bonds is 4. The Bertz CT molecular complexity index is 1170. The summed E-state index contributed by atoms with van der Waals surface area (Å²) in [5, 5.41) is 6.99. The van der Waals surface area contributed by atoms with Gasteiger partial charge in [0.05, 0.1) is 23.7 Å². The lowest BCUT2D eigenvalue weighted by Crippen LogP contribution is -2.53. The standard InChI is InChI=1S/C22H26F4N4O4S/c1-2-34-20-11-19(27-28-20)16-9-15(14-3-4-17(18(23)10-14)22(24,25)26)12-30(13-16)21(31)29-5-7-35(32,33)8-6-29/h3-4,10-11,15-16H,2,5-9,12-13H2,1H3,(H,27,28). The van der Waals surface area contributed by atoms with Gasteiger partial charge in [0.1, 0.15) is 5.82 Å². The first kappa shape index (κ1) is 25.3. The van der Waals surface area contributed by atoms with E-state index in [0.717, 1.165) is 12.1 Å². The van der Waals surface area contributed by atoms with E-state index in [4.69, 9.17) is 4.74 Å². The number of nitrogens with one attached hydrogen (secondary N) is 1. The number of carbonyl (C=O) groups excluding carboxylic acids is 1. The van der Waals surface area contributed by atoms with E-state index in [1.807, 2.05) is 6.92 Å². The zero-order valence-corrected chi connectivity index (χ0v) is 19.8. The molecule has 192 valence electrons. The number of carbonyl (C=O) groups is 1. The number of ether oxygens (including phenoxy) is 1. The van der Waals surface area contributed by atoms with Crippen molar-refractivity contribution >= 4 is 15.9 Å². The van der Waals surface area contributed by atoms with Crippen LogP contribution in [0, 0.1) is 5.82 Å². The molecular weight excluding hydrogens is 492 g/mol. The van der Waals surface area contributed by atoms with Gasteiger partial charge in [0, 0.05) is 49.8 Å². The topological polar surface area (TPSA) is 95.6 Å². The van der Waals surface area contributed by atoms with Crippen molar-refractivity contribution in [1.82, 2.24) is 20.0 Å². The number of alkyl halides is 3. The number of amides is 2. The second-order valence-electron chi connectivity index (χ2n) is 8.79. The zero-order chi connectivity index (χ0) is 25.4. The van der Waals surface area contributed by atoms with Gasteiger partial charge in [0.2, 0.25) is 5.88 Å². The first-order valence-corrected chi connectivity index (χ1v) is 13.1. The Kier molecular flexibility index (Phi) is 6.98. The quantitative estimate of drug-likeness (QED) is 0.627. The number of hydrogen-bond acceptors (Lipinski definition) is 5. The first-order chi connectivity index (χ1) is 16.5. The molecular formula is C22H26F4N4O4S. The van der Waals surface area contributed by atoms with Gasteiger partial charge in [-0.2, -0.15) is 13.2 Å². The number of piperidine rings is 1. The number of H-pyrrole nitrogens is 1. The Labute approximate surface area is 200 Å². The average molecular weight is 519 g/mol. The average Bonchev–Trinajstić information content (AvgIpc) is 3.26. The maximum Gasteiger partial charge on any atom is 0.419 e. The lowest BCUT2D eigenvalue weighted by molar-refractivity contribution is -0.140. The van der Waals surface area contributed by atoms with Crippen LogP contribution in [0.25, 0.3) is 0 Å². The largest absolute Gasteiger partial charge is 0.477 e. The van der Waals surface area contributed by atoms with E-state index in [9.17, 15) is 30.8 Å². The van der Waals surface area contributed by atoms with Gasteiger partial charge < -0.3 is 14.5 Å². The minimum absolute atomic E-state index is 0.0699. The highest BCUT2D eigenvalue weighted by atomic mass is 32.2. The van der Waals surface area contributed by atoms with Crippen LogP contribution in [-0.2, 0) is 16.0 Å². The Morgan fingerprint density at radius 2 is 1.83 bits per heavy atom. The molecule has 2 fully saturated rings. The van der Waals surface area contributed by atoms with Crippen molar-refractivity contribution < 1.29 is 35.5 Å². The van der Waals surface area contributed by atoms with E-state index in [0.29, 0.717) is 30.2 Å². The minimum atomic E-state index is -4.81. The second-order valence-corrected chi connectivity index (χ2v) is 11.1. The van der Waals surface area contributed by atoms with Gasteiger partial charge in [0.25, 0.3) is 0 Å². The van der Waals surface area contributed by atoms with Crippen molar-refractivity contribution in [3.63, 3.8) is 0 Å².